The number of thiocarbonyl (C=S) groups is 1. The van der Waals surface area contributed by atoms with Crippen molar-refractivity contribution in [1.29, 1.82) is 0 Å². The van der Waals surface area contributed by atoms with Gasteiger partial charge in [0.1, 0.15) is 0 Å². The van der Waals surface area contributed by atoms with Gasteiger partial charge in [0.2, 0.25) is 5.91 Å². The zero-order chi connectivity index (χ0) is 11.5. The van der Waals surface area contributed by atoms with Crippen molar-refractivity contribution in [3.63, 3.8) is 0 Å². The number of hydrogen-bond donors (Lipinski definition) is 3. The maximum absolute atomic E-state index is 11.2. The molecule has 0 aromatic carbocycles. The molecule has 0 aliphatic rings. The van der Waals surface area contributed by atoms with Crippen LogP contribution in [-0.4, -0.2) is 44.4 Å². The molecule has 0 aromatic rings. The van der Waals surface area contributed by atoms with E-state index in [0.29, 0.717) is 18.3 Å². The summed E-state index contributed by atoms with van der Waals surface area (Å²) >= 11 is 4.95. The number of amides is 1. The Morgan fingerprint density at radius 1 is 1.27 bits per heavy atom. The quantitative estimate of drug-likeness (QED) is 0.413. The molecule has 1 amide bonds. The molecule has 88 valence electrons. The van der Waals surface area contributed by atoms with Crippen molar-refractivity contribution >= 4 is 23.2 Å². The van der Waals surface area contributed by atoms with Gasteiger partial charge in [-0.25, -0.2) is 0 Å². The number of rotatable bonds is 7. The summed E-state index contributed by atoms with van der Waals surface area (Å²) in [7, 11) is 1.59. The average molecular weight is 233 g/mol. The number of carbonyl (C=O) groups excluding carboxylic acids is 1. The van der Waals surface area contributed by atoms with Crippen LogP contribution in [-0.2, 0) is 9.53 Å². The largest absolute Gasteiger partial charge is 0.383 e. The van der Waals surface area contributed by atoms with Gasteiger partial charge in [0.25, 0.3) is 0 Å². The lowest BCUT2D eigenvalue weighted by Gasteiger charge is -2.09. The van der Waals surface area contributed by atoms with E-state index in [1.165, 1.54) is 0 Å². The smallest absolute Gasteiger partial charge is 0.239 e. The molecule has 0 heterocycles. The summed E-state index contributed by atoms with van der Waals surface area (Å²) in [5.41, 5.74) is 0. The summed E-state index contributed by atoms with van der Waals surface area (Å²) in [6.45, 7) is 4.10. The maximum atomic E-state index is 11.2. The zero-order valence-electron chi connectivity index (χ0n) is 9.26. The van der Waals surface area contributed by atoms with Gasteiger partial charge in [-0.2, -0.15) is 0 Å². The molecular weight excluding hydrogens is 214 g/mol. The molecule has 0 atom stereocenters. The molecule has 5 nitrogen and oxygen atoms in total. The fraction of sp³-hybridized carbons (Fsp3) is 0.778. The van der Waals surface area contributed by atoms with Crippen molar-refractivity contribution in [2.45, 2.75) is 13.3 Å². The summed E-state index contributed by atoms with van der Waals surface area (Å²) < 4.78 is 4.80. The molecule has 0 aromatic heterocycles. The number of hydrogen-bond acceptors (Lipinski definition) is 3. The van der Waals surface area contributed by atoms with E-state index in [2.05, 4.69) is 16.0 Å². The minimum Gasteiger partial charge on any atom is -0.383 e. The second kappa shape index (κ2) is 9.67. The van der Waals surface area contributed by atoms with Crippen LogP contribution in [0.5, 0.6) is 0 Å². The van der Waals surface area contributed by atoms with E-state index >= 15 is 0 Å². The molecule has 6 heteroatoms. The molecule has 0 aliphatic heterocycles. The van der Waals surface area contributed by atoms with Gasteiger partial charge >= 0.3 is 0 Å². The monoisotopic (exact) mass is 233 g/mol. The van der Waals surface area contributed by atoms with Crippen molar-refractivity contribution in [3.8, 4) is 0 Å². The SMILES string of the molecule is CCCNC(=S)NCC(=O)NCCOC. The fourth-order valence-electron chi connectivity index (χ4n) is 0.817. The molecule has 0 bridgehead atoms. The molecule has 0 unspecified atom stereocenters. The van der Waals surface area contributed by atoms with Crippen molar-refractivity contribution in [1.82, 2.24) is 16.0 Å². The Hall–Kier alpha value is -0.880. The molecule has 15 heavy (non-hydrogen) atoms. The lowest BCUT2D eigenvalue weighted by Crippen LogP contribution is -2.42. The summed E-state index contributed by atoms with van der Waals surface area (Å²) in [4.78, 5) is 11.2. The van der Waals surface area contributed by atoms with E-state index in [-0.39, 0.29) is 12.5 Å². The molecule has 0 spiro atoms. The Labute approximate surface area is 95.9 Å². The van der Waals surface area contributed by atoms with Crippen LogP contribution < -0.4 is 16.0 Å². The van der Waals surface area contributed by atoms with E-state index in [0.717, 1.165) is 13.0 Å². The third kappa shape index (κ3) is 9.42. The number of carbonyl (C=O) groups is 1. The summed E-state index contributed by atoms with van der Waals surface area (Å²) in [6.07, 6.45) is 1.00. The predicted octanol–water partition coefficient (Wildman–Crippen LogP) is -0.377. The Kier molecular flexibility index (Phi) is 9.10. The highest BCUT2D eigenvalue weighted by Gasteiger charge is 2.00. The minimum absolute atomic E-state index is 0.0901. The second-order valence-electron chi connectivity index (χ2n) is 2.95. The Bertz CT molecular complexity index is 200. The lowest BCUT2D eigenvalue weighted by atomic mass is 10.5. The molecule has 0 fully saturated rings. The predicted molar refractivity (Wildman–Crippen MR) is 63.8 cm³/mol. The van der Waals surface area contributed by atoms with Crippen LogP contribution in [0.1, 0.15) is 13.3 Å². The first-order valence-electron chi connectivity index (χ1n) is 4.98. The van der Waals surface area contributed by atoms with Gasteiger partial charge in [-0.15, -0.1) is 0 Å². The van der Waals surface area contributed by atoms with Crippen LogP contribution in [0.4, 0.5) is 0 Å². The van der Waals surface area contributed by atoms with E-state index in [1.54, 1.807) is 7.11 Å². The normalized spacial score (nSPS) is 9.47. The summed E-state index contributed by atoms with van der Waals surface area (Å²) in [6, 6.07) is 0. The van der Waals surface area contributed by atoms with Crippen molar-refractivity contribution in [2.24, 2.45) is 0 Å². The third-order valence-electron chi connectivity index (χ3n) is 1.57. The van der Waals surface area contributed by atoms with Gasteiger partial charge in [0.15, 0.2) is 5.11 Å². The molecule has 0 saturated heterocycles. The zero-order valence-corrected chi connectivity index (χ0v) is 10.1. The Balaban J connectivity index is 3.40. The van der Waals surface area contributed by atoms with Gasteiger partial charge in [-0.05, 0) is 18.6 Å². The third-order valence-corrected chi connectivity index (χ3v) is 1.86. The van der Waals surface area contributed by atoms with E-state index in [9.17, 15) is 4.79 Å². The van der Waals surface area contributed by atoms with Gasteiger partial charge in [-0.3, -0.25) is 4.79 Å². The van der Waals surface area contributed by atoms with E-state index in [4.69, 9.17) is 17.0 Å². The molecular formula is C9H19N3O2S. The maximum Gasteiger partial charge on any atom is 0.239 e. The first-order valence-corrected chi connectivity index (χ1v) is 5.38. The van der Waals surface area contributed by atoms with Crippen LogP contribution in [0.15, 0.2) is 0 Å². The first kappa shape index (κ1) is 14.1. The highest BCUT2D eigenvalue weighted by Crippen LogP contribution is 1.73. The van der Waals surface area contributed by atoms with Crippen molar-refractivity contribution in [3.05, 3.63) is 0 Å². The molecule has 0 rings (SSSR count). The van der Waals surface area contributed by atoms with Crippen LogP contribution in [0.2, 0.25) is 0 Å². The van der Waals surface area contributed by atoms with Crippen LogP contribution >= 0.6 is 12.2 Å². The molecule has 0 aliphatic carbocycles. The standard InChI is InChI=1S/C9H19N3O2S/c1-3-4-11-9(15)12-7-8(13)10-5-6-14-2/h3-7H2,1-2H3,(H,10,13)(H2,11,12,15). The summed E-state index contributed by atoms with van der Waals surface area (Å²) in [5.74, 6) is -0.0901. The van der Waals surface area contributed by atoms with E-state index in [1.807, 2.05) is 6.92 Å². The highest BCUT2D eigenvalue weighted by molar-refractivity contribution is 7.80. The first-order chi connectivity index (χ1) is 7.20. The van der Waals surface area contributed by atoms with Gasteiger partial charge in [0, 0.05) is 20.2 Å². The summed E-state index contributed by atoms with van der Waals surface area (Å²) in [5, 5.41) is 8.98. The van der Waals surface area contributed by atoms with Crippen LogP contribution in [0.3, 0.4) is 0 Å². The number of nitrogens with one attached hydrogen (secondary N) is 3. The van der Waals surface area contributed by atoms with Crippen LogP contribution in [0.25, 0.3) is 0 Å². The molecule has 3 N–H and O–H groups in total. The molecule has 0 radical (unpaired) electrons. The van der Waals surface area contributed by atoms with Gasteiger partial charge < -0.3 is 20.7 Å². The molecule has 0 saturated carbocycles. The number of methoxy groups -OCH3 is 1. The highest BCUT2D eigenvalue weighted by atomic mass is 32.1. The minimum atomic E-state index is -0.0901. The lowest BCUT2D eigenvalue weighted by molar-refractivity contribution is -0.120. The average Bonchev–Trinajstić information content (AvgIpc) is 2.24. The second-order valence-corrected chi connectivity index (χ2v) is 3.36. The Morgan fingerprint density at radius 2 is 2.00 bits per heavy atom. The number of ether oxygens (including phenoxy) is 1. The topological polar surface area (TPSA) is 62.4 Å². The van der Waals surface area contributed by atoms with Crippen molar-refractivity contribution in [2.75, 3.05) is 33.4 Å². The van der Waals surface area contributed by atoms with Gasteiger partial charge in [0.05, 0.1) is 13.2 Å². The van der Waals surface area contributed by atoms with Crippen molar-refractivity contribution < 1.29 is 9.53 Å². The Morgan fingerprint density at radius 3 is 2.60 bits per heavy atom. The van der Waals surface area contributed by atoms with Gasteiger partial charge in [-0.1, -0.05) is 6.92 Å². The van der Waals surface area contributed by atoms with Crippen LogP contribution in [0, 0.1) is 0 Å². The fourth-order valence-corrected chi connectivity index (χ4v) is 0.991. The van der Waals surface area contributed by atoms with E-state index < -0.39 is 0 Å².